The van der Waals surface area contributed by atoms with Gasteiger partial charge < -0.3 is 9.05 Å². The zero-order chi connectivity index (χ0) is 14.1. The van der Waals surface area contributed by atoms with Crippen LogP contribution in [0.1, 0.15) is 39.5 Å². The molecule has 0 amide bonds. The predicted octanol–water partition coefficient (Wildman–Crippen LogP) is 4.54. The molecule has 0 bridgehead atoms. The van der Waals surface area contributed by atoms with Crippen molar-refractivity contribution in [3.63, 3.8) is 0 Å². The van der Waals surface area contributed by atoms with Crippen molar-refractivity contribution in [2.75, 3.05) is 13.2 Å². The average Bonchev–Trinajstić information content (AvgIpc) is 2.39. The van der Waals surface area contributed by atoms with E-state index in [1.54, 1.807) is 0 Å². The minimum absolute atomic E-state index is 0.564. The highest BCUT2D eigenvalue weighted by Gasteiger charge is 2.23. The molecule has 0 aromatic heterocycles. The number of hydrogen-bond acceptors (Lipinski definition) is 4. The second-order valence-electron chi connectivity index (χ2n) is 4.30. The van der Waals surface area contributed by atoms with E-state index in [-0.39, 0.29) is 0 Å². The highest BCUT2D eigenvalue weighted by Crippen LogP contribution is 2.48. The Balaban J connectivity index is 2.69. The molecule has 0 N–H and O–H groups in total. The van der Waals surface area contributed by atoms with Gasteiger partial charge in [0.2, 0.25) is 6.49 Å². The van der Waals surface area contributed by atoms with Crippen LogP contribution in [0.3, 0.4) is 0 Å². The van der Waals surface area contributed by atoms with E-state index in [1.807, 2.05) is 31.2 Å². The molecular weight excluding hydrogens is 295 g/mol. The minimum Gasteiger partial charge on any atom is -0.326 e. The topological polar surface area (TPSA) is 18.5 Å². The van der Waals surface area contributed by atoms with Crippen LogP contribution >= 0.6 is 19.1 Å². The molecule has 1 rings (SSSR count). The Hall–Kier alpha value is 0.140. The van der Waals surface area contributed by atoms with E-state index in [1.165, 1.54) is 19.3 Å². The Morgan fingerprint density at radius 3 is 2.47 bits per heavy atom. The lowest BCUT2D eigenvalue weighted by atomic mass is 10.2. The van der Waals surface area contributed by atoms with Crippen molar-refractivity contribution in [3.05, 3.63) is 24.3 Å². The van der Waals surface area contributed by atoms with Crippen molar-refractivity contribution in [3.8, 4) is 0 Å². The zero-order valence-electron chi connectivity index (χ0n) is 11.7. The fourth-order valence-corrected chi connectivity index (χ4v) is 5.22. The van der Waals surface area contributed by atoms with Crippen LogP contribution in [0.25, 0.3) is 0 Å². The van der Waals surface area contributed by atoms with Crippen LogP contribution in [0.5, 0.6) is 0 Å². The van der Waals surface area contributed by atoms with Crippen molar-refractivity contribution in [1.82, 2.24) is 0 Å². The number of thiol groups is 1. The van der Waals surface area contributed by atoms with Gasteiger partial charge in [-0.1, -0.05) is 38.3 Å². The fourth-order valence-electron chi connectivity index (χ4n) is 1.76. The first-order valence-corrected chi connectivity index (χ1v) is 9.90. The van der Waals surface area contributed by atoms with Gasteiger partial charge in [-0.25, -0.2) is 0 Å². The molecule has 19 heavy (non-hydrogen) atoms. The van der Waals surface area contributed by atoms with Crippen LogP contribution in [-0.2, 0) is 20.9 Å². The lowest BCUT2D eigenvalue weighted by molar-refractivity contribution is 0.258. The molecule has 0 radical (unpaired) electrons. The standard InChI is InChI=1S/C14H23O2PS2/c1-3-5-6-9-12-16-17(19,15-4-2)13-10-7-8-11-14(13)18/h7-8,10-11,18H,3-6,9,12H2,1-2H3. The number of unbranched alkanes of at least 4 members (excludes halogenated alkanes) is 3. The smallest absolute Gasteiger partial charge is 0.220 e. The monoisotopic (exact) mass is 318 g/mol. The van der Waals surface area contributed by atoms with Crippen molar-refractivity contribution < 1.29 is 9.05 Å². The highest BCUT2D eigenvalue weighted by molar-refractivity contribution is 8.13. The molecule has 1 atom stereocenters. The summed E-state index contributed by atoms with van der Waals surface area (Å²) in [4.78, 5) is 0.854. The summed E-state index contributed by atoms with van der Waals surface area (Å²) in [5.74, 6) is 0. The first-order valence-electron chi connectivity index (χ1n) is 6.81. The zero-order valence-corrected chi connectivity index (χ0v) is 14.3. The van der Waals surface area contributed by atoms with Gasteiger partial charge >= 0.3 is 0 Å². The van der Waals surface area contributed by atoms with Crippen molar-refractivity contribution in [1.29, 1.82) is 0 Å². The van der Waals surface area contributed by atoms with E-state index in [0.717, 1.165) is 16.6 Å². The molecule has 108 valence electrons. The number of hydrogen-bond donors (Lipinski definition) is 1. The summed E-state index contributed by atoms with van der Waals surface area (Å²) in [5.41, 5.74) is 0. The van der Waals surface area contributed by atoms with Gasteiger partial charge in [-0.3, -0.25) is 0 Å². The third-order valence-electron chi connectivity index (χ3n) is 2.73. The van der Waals surface area contributed by atoms with Crippen LogP contribution in [0.4, 0.5) is 0 Å². The molecule has 1 aromatic rings. The van der Waals surface area contributed by atoms with Crippen LogP contribution in [-0.4, -0.2) is 13.2 Å². The Labute approximate surface area is 127 Å². The second-order valence-corrected chi connectivity index (χ2v) is 8.21. The molecule has 0 saturated heterocycles. The lowest BCUT2D eigenvalue weighted by Gasteiger charge is -2.23. The van der Waals surface area contributed by atoms with Gasteiger partial charge in [0, 0.05) is 10.2 Å². The average molecular weight is 318 g/mol. The molecule has 0 heterocycles. The second kappa shape index (κ2) is 9.15. The summed E-state index contributed by atoms with van der Waals surface area (Å²) in [6, 6.07) is 7.79. The van der Waals surface area contributed by atoms with E-state index in [2.05, 4.69) is 19.6 Å². The van der Waals surface area contributed by atoms with Crippen molar-refractivity contribution >= 4 is 36.2 Å². The van der Waals surface area contributed by atoms with Crippen LogP contribution in [0.15, 0.2) is 29.2 Å². The van der Waals surface area contributed by atoms with Crippen molar-refractivity contribution in [2.24, 2.45) is 0 Å². The summed E-state index contributed by atoms with van der Waals surface area (Å²) in [7, 11) is 0. The quantitative estimate of drug-likeness (QED) is 0.409. The molecule has 0 aliphatic heterocycles. The molecule has 1 aromatic carbocycles. The van der Waals surface area contributed by atoms with E-state index >= 15 is 0 Å². The molecular formula is C14H23O2PS2. The summed E-state index contributed by atoms with van der Waals surface area (Å²) >= 11 is 10.1. The van der Waals surface area contributed by atoms with Gasteiger partial charge in [0.25, 0.3) is 0 Å². The predicted molar refractivity (Wildman–Crippen MR) is 89.3 cm³/mol. The maximum absolute atomic E-state index is 5.94. The fraction of sp³-hybridized carbons (Fsp3) is 0.571. The number of benzene rings is 1. The molecule has 0 fully saturated rings. The number of rotatable bonds is 9. The first kappa shape index (κ1) is 17.2. The third-order valence-corrected chi connectivity index (χ3v) is 6.62. The Morgan fingerprint density at radius 1 is 1.11 bits per heavy atom. The van der Waals surface area contributed by atoms with E-state index in [9.17, 15) is 0 Å². The van der Waals surface area contributed by atoms with Crippen LogP contribution in [0, 0.1) is 0 Å². The molecule has 2 nitrogen and oxygen atoms in total. The van der Waals surface area contributed by atoms with Gasteiger partial charge in [0.15, 0.2) is 0 Å². The maximum atomic E-state index is 5.94. The van der Waals surface area contributed by atoms with Crippen LogP contribution in [0.2, 0.25) is 0 Å². The van der Waals surface area contributed by atoms with Gasteiger partial charge in [-0.15, -0.1) is 12.6 Å². The highest BCUT2D eigenvalue weighted by atomic mass is 32.5. The molecule has 0 spiro atoms. The first-order chi connectivity index (χ1) is 9.14. The molecule has 1 unspecified atom stereocenters. The van der Waals surface area contributed by atoms with E-state index in [0.29, 0.717) is 13.2 Å². The molecule has 0 aliphatic rings. The largest absolute Gasteiger partial charge is 0.326 e. The van der Waals surface area contributed by atoms with Gasteiger partial charge in [-0.2, -0.15) is 0 Å². The van der Waals surface area contributed by atoms with Gasteiger partial charge in [0.05, 0.1) is 13.2 Å². The summed E-state index contributed by atoms with van der Waals surface area (Å²) in [6.07, 6.45) is 4.68. The minimum atomic E-state index is -2.40. The SMILES string of the molecule is CCCCCCOP(=S)(OCC)c1ccccc1S. The Kier molecular flexibility index (Phi) is 8.27. The Morgan fingerprint density at radius 2 is 1.84 bits per heavy atom. The molecule has 5 heteroatoms. The lowest BCUT2D eigenvalue weighted by Crippen LogP contribution is -2.12. The van der Waals surface area contributed by atoms with Crippen LogP contribution < -0.4 is 5.30 Å². The summed E-state index contributed by atoms with van der Waals surface area (Å²) in [5, 5.41) is 0.922. The molecule has 0 aliphatic carbocycles. The third kappa shape index (κ3) is 5.57. The van der Waals surface area contributed by atoms with E-state index in [4.69, 9.17) is 20.9 Å². The summed E-state index contributed by atoms with van der Waals surface area (Å²) in [6.45, 7) is 2.97. The van der Waals surface area contributed by atoms with Gasteiger partial charge in [0.1, 0.15) is 0 Å². The normalized spacial score (nSPS) is 14.3. The maximum Gasteiger partial charge on any atom is 0.220 e. The van der Waals surface area contributed by atoms with Gasteiger partial charge in [-0.05, 0) is 37.3 Å². The summed E-state index contributed by atoms with van der Waals surface area (Å²) < 4.78 is 11.7. The molecule has 0 saturated carbocycles. The van der Waals surface area contributed by atoms with Crippen molar-refractivity contribution in [2.45, 2.75) is 44.4 Å². The Bertz CT molecular complexity index is 424. The van der Waals surface area contributed by atoms with E-state index < -0.39 is 6.49 Å².